The van der Waals surface area contributed by atoms with E-state index in [1.807, 2.05) is 0 Å². The molecule has 0 fully saturated rings. The molecule has 0 saturated carbocycles. The quantitative estimate of drug-likeness (QED) is 0.743. The van der Waals surface area contributed by atoms with E-state index in [0.717, 1.165) is 5.56 Å². The lowest BCUT2D eigenvalue weighted by molar-refractivity contribution is 0.564. The third kappa shape index (κ3) is 2.59. The molecule has 4 heteroatoms. The first kappa shape index (κ1) is 10.7. The van der Waals surface area contributed by atoms with E-state index < -0.39 is 11.9 Å². The van der Waals surface area contributed by atoms with E-state index >= 15 is 0 Å². The van der Waals surface area contributed by atoms with Crippen molar-refractivity contribution in [3.8, 4) is 0 Å². The normalized spacial score (nSPS) is 10.4. The number of pyridine rings is 2. The van der Waals surface area contributed by atoms with Crippen molar-refractivity contribution in [3.63, 3.8) is 0 Å². The average Bonchev–Trinajstić information content (AvgIpc) is 2.30. The molecule has 0 spiro atoms. The van der Waals surface area contributed by atoms with Crippen LogP contribution in [0.15, 0.2) is 36.7 Å². The molecule has 82 valence electrons. The molecular formula is C12H10F2N2. The fourth-order valence-corrected chi connectivity index (χ4v) is 1.44. The Labute approximate surface area is 92.0 Å². The highest BCUT2D eigenvalue weighted by molar-refractivity contribution is 5.15. The fraction of sp³-hybridized carbons (Fsp3) is 0.167. The maximum Gasteiger partial charge on any atom is 0.216 e. The van der Waals surface area contributed by atoms with Crippen LogP contribution < -0.4 is 0 Å². The van der Waals surface area contributed by atoms with Gasteiger partial charge < -0.3 is 0 Å². The minimum Gasteiger partial charge on any atom is -0.228 e. The fourth-order valence-electron chi connectivity index (χ4n) is 1.44. The maximum absolute atomic E-state index is 13.2. The molecule has 0 amide bonds. The molecule has 2 aromatic rings. The highest BCUT2D eigenvalue weighted by Gasteiger charge is 2.02. The molecule has 0 saturated heterocycles. The van der Waals surface area contributed by atoms with Crippen LogP contribution in [0, 0.1) is 11.9 Å². The number of hydrogen-bond acceptors (Lipinski definition) is 2. The Morgan fingerprint density at radius 3 is 2.56 bits per heavy atom. The number of aryl methyl sites for hydroxylation is 2. The van der Waals surface area contributed by atoms with Crippen LogP contribution in [0.3, 0.4) is 0 Å². The van der Waals surface area contributed by atoms with Crippen molar-refractivity contribution in [2.24, 2.45) is 0 Å². The van der Waals surface area contributed by atoms with Crippen molar-refractivity contribution in [2.45, 2.75) is 12.8 Å². The smallest absolute Gasteiger partial charge is 0.216 e. The summed E-state index contributed by atoms with van der Waals surface area (Å²) in [6, 6.07) is 6.34. The number of aromatic nitrogens is 2. The molecule has 0 aromatic carbocycles. The van der Waals surface area contributed by atoms with Crippen LogP contribution in [-0.4, -0.2) is 9.97 Å². The van der Waals surface area contributed by atoms with E-state index in [1.165, 1.54) is 18.5 Å². The average molecular weight is 220 g/mol. The van der Waals surface area contributed by atoms with Crippen LogP contribution >= 0.6 is 0 Å². The minimum atomic E-state index is -0.503. The lowest BCUT2D eigenvalue weighted by Crippen LogP contribution is -1.97. The molecule has 0 bridgehead atoms. The molecule has 16 heavy (non-hydrogen) atoms. The van der Waals surface area contributed by atoms with Crippen LogP contribution in [-0.2, 0) is 12.8 Å². The third-order valence-electron chi connectivity index (χ3n) is 2.31. The summed E-state index contributed by atoms with van der Waals surface area (Å²) in [4.78, 5) is 7.10. The first-order chi connectivity index (χ1) is 7.75. The summed E-state index contributed by atoms with van der Waals surface area (Å²) in [6.45, 7) is 0. The van der Waals surface area contributed by atoms with Gasteiger partial charge in [0.05, 0.1) is 0 Å². The van der Waals surface area contributed by atoms with E-state index in [0.29, 0.717) is 18.4 Å². The molecule has 2 nitrogen and oxygen atoms in total. The van der Waals surface area contributed by atoms with Crippen molar-refractivity contribution in [3.05, 3.63) is 59.7 Å². The monoisotopic (exact) mass is 220 g/mol. The summed E-state index contributed by atoms with van der Waals surface area (Å²) in [7, 11) is 0. The third-order valence-corrected chi connectivity index (χ3v) is 2.31. The van der Waals surface area contributed by atoms with Crippen molar-refractivity contribution >= 4 is 0 Å². The second kappa shape index (κ2) is 4.79. The molecule has 0 aliphatic rings. The van der Waals surface area contributed by atoms with E-state index in [1.54, 1.807) is 18.2 Å². The topological polar surface area (TPSA) is 25.8 Å². The summed E-state index contributed by atoms with van der Waals surface area (Å²) in [5.41, 5.74) is 1.44. The van der Waals surface area contributed by atoms with Crippen LogP contribution in [0.5, 0.6) is 0 Å². The lowest BCUT2D eigenvalue weighted by Gasteiger charge is -2.02. The van der Waals surface area contributed by atoms with E-state index in [9.17, 15) is 8.78 Å². The highest BCUT2D eigenvalue weighted by Crippen LogP contribution is 2.08. The molecule has 0 N–H and O–H groups in total. The van der Waals surface area contributed by atoms with E-state index in [-0.39, 0.29) is 0 Å². The number of hydrogen-bond donors (Lipinski definition) is 0. The Morgan fingerprint density at radius 2 is 1.88 bits per heavy atom. The lowest BCUT2D eigenvalue weighted by atomic mass is 10.1. The Balaban J connectivity index is 2.02. The first-order valence-electron chi connectivity index (χ1n) is 4.95. The van der Waals surface area contributed by atoms with Gasteiger partial charge in [0.25, 0.3) is 0 Å². The van der Waals surface area contributed by atoms with Gasteiger partial charge in [0, 0.05) is 18.0 Å². The van der Waals surface area contributed by atoms with Crippen molar-refractivity contribution in [1.29, 1.82) is 0 Å². The molecule has 0 atom stereocenters. The van der Waals surface area contributed by atoms with Gasteiger partial charge in [-0.15, -0.1) is 0 Å². The molecule has 2 aromatic heterocycles. The zero-order valence-electron chi connectivity index (χ0n) is 8.53. The summed E-state index contributed by atoms with van der Waals surface area (Å²) >= 11 is 0. The molecule has 0 unspecified atom stereocenters. The van der Waals surface area contributed by atoms with Gasteiger partial charge in [-0.25, -0.2) is 9.97 Å². The first-order valence-corrected chi connectivity index (χ1v) is 4.95. The zero-order chi connectivity index (χ0) is 11.4. The number of halogens is 2. The van der Waals surface area contributed by atoms with Crippen LogP contribution in [0.4, 0.5) is 8.78 Å². The van der Waals surface area contributed by atoms with Gasteiger partial charge in [0.1, 0.15) is 0 Å². The van der Waals surface area contributed by atoms with Gasteiger partial charge in [-0.1, -0.05) is 12.1 Å². The number of nitrogens with zero attached hydrogens (tertiary/aromatic N) is 2. The molecule has 2 heterocycles. The van der Waals surface area contributed by atoms with Gasteiger partial charge >= 0.3 is 0 Å². The predicted octanol–water partition coefficient (Wildman–Crippen LogP) is 2.54. The summed E-state index contributed by atoms with van der Waals surface area (Å²) in [5.74, 6) is -0.950. The summed E-state index contributed by atoms with van der Waals surface area (Å²) in [6.07, 6.45) is 4.03. The second-order valence-corrected chi connectivity index (χ2v) is 3.44. The van der Waals surface area contributed by atoms with E-state index in [2.05, 4.69) is 9.97 Å². The van der Waals surface area contributed by atoms with Gasteiger partial charge in [-0.05, 0) is 30.5 Å². The molecular weight excluding hydrogens is 210 g/mol. The molecule has 0 aliphatic carbocycles. The van der Waals surface area contributed by atoms with Gasteiger partial charge in [-0.3, -0.25) is 0 Å². The largest absolute Gasteiger partial charge is 0.228 e. The SMILES string of the molecule is Fc1ccc(CCc2cccnc2F)cn1. The Kier molecular flexibility index (Phi) is 3.19. The predicted molar refractivity (Wildman–Crippen MR) is 55.8 cm³/mol. The highest BCUT2D eigenvalue weighted by atomic mass is 19.1. The molecule has 2 rings (SSSR count). The molecule has 0 aliphatic heterocycles. The summed E-state index contributed by atoms with van der Waals surface area (Å²) in [5, 5.41) is 0. The second-order valence-electron chi connectivity index (χ2n) is 3.44. The zero-order valence-corrected chi connectivity index (χ0v) is 8.53. The standard InChI is InChI=1S/C12H10F2N2/c13-11-6-4-9(8-16-11)3-5-10-2-1-7-15-12(10)14/h1-2,4,6-8H,3,5H2. The van der Waals surface area contributed by atoms with Crippen molar-refractivity contribution < 1.29 is 8.78 Å². The Hall–Kier alpha value is -1.84. The van der Waals surface area contributed by atoms with Gasteiger partial charge in [-0.2, -0.15) is 8.78 Å². The maximum atomic E-state index is 13.2. The van der Waals surface area contributed by atoms with Crippen LogP contribution in [0.1, 0.15) is 11.1 Å². The van der Waals surface area contributed by atoms with Crippen molar-refractivity contribution in [1.82, 2.24) is 9.97 Å². The Bertz CT molecular complexity index is 469. The molecule has 0 radical (unpaired) electrons. The van der Waals surface area contributed by atoms with Crippen LogP contribution in [0.2, 0.25) is 0 Å². The van der Waals surface area contributed by atoms with E-state index in [4.69, 9.17) is 0 Å². The summed E-state index contributed by atoms with van der Waals surface area (Å²) < 4.78 is 25.7. The van der Waals surface area contributed by atoms with Gasteiger partial charge in [0.2, 0.25) is 11.9 Å². The van der Waals surface area contributed by atoms with Gasteiger partial charge in [0.15, 0.2) is 0 Å². The van der Waals surface area contributed by atoms with Crippen molar-refractivity contribution in [2.75, 3.05) is 0 Å². The Morgan fingerprint density at radius 1 is 1.00 bits per heavy atom. The van der Waals surface area contributed by atoms with Crippen LogP contribution in [0.25, 0.3) is 0 Å². The number of rotatable bonds is 3. The minimum absolute atomic E-state index is 0.447.